The van der Waals surface area contributed by atoms with Gasteiger partial charge in [0.05, 0.1) is 17.7 Å². The Morgan fingerprint density at radius 1 is 1.28 bits per heavy atom. The summed E-state index contributed by atoms with van der Waals surface area (Å²) in [6.07, 6.45) is 5.39. The van der Waals surface area contributed by atoms with Crippen molar-refractivity contribution >= 4 is 29.1 Å². The lowest BCUT2D eigenvalue weighted by Crippen LogP contribution is -2.45. The van der Waals surface area contributed by atoms with E-state index in [1.807, 2.05) is 18.7 Å². The molecule has 1 aliphatic carbocycles. The molecule has 0 bridgehead atoms. The number of carbonyl (C=O) groups is 2. The third-order valence-corrected chi connectivity index (χ3v) is 6.44. The molecule has 8 nitrogen and oxygen atoms in total. The second kappa shape index (κ2) is 10.6. The van der Waals surface area contributed by atoms with Crippen molar-refractivity contribution in [2.45, 2.75) is 52.0 Å². The lowest BCUT2D eigenvalue weighted by atomic mass is 10.1. The lowest BCUT2D eigenvalue weighted by molar-refractivity contribution is -0.134. The molecule has 160 valence electrons. The van der Waals surface area contributed by atoms with E-state index in [0.29, 0.717) is 23.9 Å². The maximum absolute atomic E-state index is 12.6. The maximum Gasteiger partial charge on any atom is 0.263 e. The molecule has 1 saturated heterocycles. The third kappa shape index (κ3) is 5.91. The summed E-state index contributed by atoms with van der Waals surface area (Å²) in [5.41, 5.74) is 2.43. The van der Waals surface area contributed by atoms with Crippen LogP contribution in [0.2, 0.25) is 0 Å². The average molecular weight is 421 g/mol. The van der Waals surface area contributed by atoms with Crippen molar-refractivity contribution in [3.8, 4) is 0 Å². The van der Waals surface area contributed by atoms with Gasteiger partial charge in [-0.3, -0.25) is 14.6 Å². The number of aromatic nitrogens is 1. The summed E-state index contributed by atoms with van der Waals surface area (Å²) < 4.78 is 0. The summed E-state index contributed by atoms with van der Waals surface area (Å²) in [5.74, 6) is 1.20. The molecule has 1 aliphatic heterocycles. The Hall–Kier alpha value is -2.16. The molecule has 9 heteroatoms. The summed E-state index contributed by atoms with van der Waals surface area (Å²) in [4.78, 5) is 36.1. The van der Waals surface area contributed by atoms with E-state index in [1.54, 1.807) is 5.51 Å². The van der Waals surface area contributed by atoms with E-state index < -0.39 is 0 Å². The first kappa shape index (κ1) is 21.5. The molecule has 0 spiro atoms. The number of nitrogens with zero attached hydrogens (tertiary/aromatic N) is 3. The first-order valence-corrected chi connectivity index (χ1v) is 11.5. The van der Waals surface area contributed by atoms with Crippen molar-refractivity contribution < 1.29 is 9.59 Å². The lowest BCUT2D eigenvalue weighted by Gasteiger charge is -2.21. The van der Waals surface area contributed by atoms with Crippen LogP contribution in [-0.4, -0.2) is 66.4 Å². The van der Waals surface area contributed by atoms with E-state index in [2.05, 4.69) is 25.9 Å². The highest BCUT2D eigenvalue weighted by Gasteiger charge is 2.32. The van der Waals surface area contributed by atoms with Gasteiger partial charge in [-0.2, -0.15) is 0 Å². The highest BCUT2D eigenvalue weighted by Crippen LogP contribution is 2.27. The number of rotatable bonds is 7. The van der Waals surface area contributed by atoms with Crippen LogP contribution in [0.15, 0.2) is 10.5 Å². The number of nitrogens with one attached hydrogen (secondary N) is 3. The van der Waals surface area contributed by atoms with Crippen LogP contribution in [0.5, 0.6) is 0 Å². The zero-order chi connectivity index (χ0) is 20.6. The summed E-state index contributed by atoms with van der Waals surface area (Å²) in [5, 5.41) is 9.58. The van der Waals surface area contributed by atoms with E-state index in [1.165, 1.54) is 24.2 Å². The summed E-state index contributed by atoms with van der Waals surface area (Å²) in [7, 11) is 0. The Bertz CT molecular complexity index is 728. The minimum atomic E-state index is -0.102. The van der Waals surface area contributed by atoms with Gasteiger partial charge < -0.3 is 20.9 Å². The monoisotopic (exact) mass is 420 g/mol. The van der Waals surface area contributed by atoms with Gasteiger partial charge in [0, 0.05) is 38.1 Å². The third-order valence-electron chi connectivity index (χ3n) is 5.51. The van der Waals surface area contributed by atoms with Crippen LogP contribution >= 0.6 is 11.3 Å². The molecule has 1 unspecified atom stereocenters. The molecule has 3 rings (SSSR count). The summed E-state index contributed by atoms with van der Waals surface area (Å²) in [6, 6.07) is 0.215. The molecule has 1 aromatic rings. The number of aliphatic imine (C=N–C) groups is 1. The van der Waals surface area contributed by atoms with Crippen molar-refractivity contribution in [3.05, 3.63) is 16.1 Å². The van der Waals surface area contributed by atoms with Crippen molar-refractivity contribution in [3.63, 3.8) is 0 Å². The Morgan fingerprint density at radius 3 is 2.76 bits per heavy atom. The molecule has 1 saturated carbocycles. The van der Waals surface area contributed by atoms with E-state index in [9.17, 15) is 9.59 Å². The van der Waals surface area contributed by atoms with Crippen LogP contribution in [0.25, 0.3) is 0 Å². The fourth-order valence-electron chi connectivity index (χ4n) is 3.96. The van der Waals surface area contributed by atoms with Crippen molar-refractivity contribution in [1.29, 1.82) is 0 Å². The summed E-state index contributed by atoms with van der Waals surface area (Å²) >= 11 is 1.35. The number of thiazole rings is 1. The largest absolute Gasteiger partial charge is 0.357 e. The molecule has 2 aliphatic rings. The van der Waals surface area contributed by atoms with Crippen LogP contribution in [0.1, 0.15) is 54.4 Å². The predicted octanol–water partition coefficient (Wildman–Crippen LogP) is 1.53. The van der Waals surface area contributed by atoms with Crippen LogP contribution in [-0.2, 0) is 4.79 Å². The molecule has 2 heterocycles. The SMILES string of the molecule is CCNC(=NCCNC(=O)c1scnc1C)NC1CCN(C(=O)C2CCCC2)C1. The van der Waals surface area contributed by atoms with Gasteiger partial charge in [0.2, 0.25) is 5.91 Å². The fourth-order valence-corrected chi connectivity index (χ4v) is 4.68. The van der Waals surface area contributed by atoms with E-state index in [4.69, 9.17) is 0 Å². The van der Waals surface area contributed by atoms with Crippen LogP contribution < -0.4 is 16.0 Å². The minimum absolute atomic E-state index is 0.102. The fraction of sp³-hybridized carbons (Fsp3) is 0.700. The molecule has 0 radical (unpaired) electrons. The highest BCUT2D eigenvalue weighted by atomic mass is 32.1. The van der Waals surface area contributed by atoms with Gasteiger partial charge in [0.15, 0.2) is 5.96 Å². The van der Waals surface area contributed by atoms with Gasteiger partial charge in [0.25, 0.3) is 5.91 Å². The first-order valence-electron chi connectivity index (χ1n) is 10.6. The zero-order valence-electron chi connectivity index (χ0n) is 17.4. The van der Waals surface area contributed by atoms with Gasteiger partial charge in [-0.1, -0.05) is 12.8 Å². The van der Waals surface area contributed by atoms with Gasteiger partial charge in [-0.05, 0) is 33.1 Å². The van der Waals surface area contributed by atoms with Crippen LogP contribution in [0.4, 0.5) is 0 Å². The van der Waals surface area contributed by atoms with Crippen molar-refractivity contribution in [2.24, 2.45) is 10.9 Å². The van der Waals surface area contributed by atoms with E-state index in [-0.39, 0.29) is 17.9 Å². The van der Waals surface area contributed by atoms with Crippen molar-refractivity contribution in [2.75, 3.05) is 32.7 Å². The number of amides is 2. The molecule has 3 N–H and O–H groups in total. The Labute approximate surface area is 176 Å². The Kier molecular flexibility index (Phi) is 7.85. The molecule has 1 aromatic heterocycles. The van der Waals surface area contributed by atoms with Gasteiger partial charge in [-0.25, -0.2) is 4.98 Å². The standard InChI is InChI=1S/C20H32N6O2S/c1-3-21-20(23-10-9-22-18(27)17-14(2)24-13-29-17)25-16-8-11-26(12-16)19(28)15-6-4-5-7-15/h13,15-16H,3-12H2,1-2H3,(H,22,27)(H2,21,23,25). The van der Waals surface area contributed by atoms with Gasteiger partial charge >= 0.3 is 0 Å². The number of hydrogen-bond acceptors (Lipinski definition) is 5. The summed E-state index contributed by atoms with van der Waals surface area (Å²) in [6.45, 7) is 7.11. The van der Waals surface area contributed by atoms with Crippen LogP contribution in [0.3, 0.4) is 0 Å². The van der Waals surface area contributed by atoms with Gasteiger partial charge in [0.1, 0.15) is 4.88 Å². The second-order valence-electron chi connectivity index (χ2n) is 7.68. The van der Waals surface area contributed by atoms with Gasteiger partial charge in [-0.15, -0.1) is 11.3 Å². The second-order valence-corrected chi connectivity index (χ2v) is 8.53. The molecule has 0 aromatic carbocycles. The molecule has 29 heavy (non-hydrogen) atoms. The predicted molar refractivity (Wildman–Crippen MR) is 115 cm³/mol. The molecule has 2 fully saturated rings. The Morgan fingerprint density at radius 2 is 2.07 bits per heavy atom. The number of carbonyl (C=O) groups excluding carboxylic acids is 2. The average Bonchev–Trinajstić information content (AvgIpc) is 3.46. The number of guanidine groups is 1. The van der Waals surface area contributed by atoms with Crippen molar-refractivity contribution in [1.82, 2.24) is 25.8 Å². The van der Waals surface area contributed by atoms with Crippen LogP contribution in [0, 0.1) is 12.8 Å². The quantitative estimate of drug-likeness (QED) is 0.353. The molecule has 2 amide bonds. The van der Waals surface area contributed by atoms with E-state index in [0.717, 1.165) is 50.6 Å². The van der Waals surface area contributed by atoms with E-state index >= 15 is 0 Å². The number of likely N-dealkylation sites (tertiary alicyclic amines) is 1. The maximum atomic E-state index is 12.6. The Balaban J connectivity index is 1.43. The number of aryl methyl sites for hydroxylation is 1. The minimum Gasteiger partial charge on any atom is -0.357 e. The smallest absolute Gasteiger partial charge is 0.263 e. The molecule has 1 atom stereocenters. The molecular formula is C20H32N6O2S. The topological polar surface area (TPSA) is 98.7 Å². The first-order chi connectivity index (χ1) is 14.1. The zero-order valence-corrected chi connectivity index (χ0v) is 18.2. The normalized spacial score (nSPS) is 20.1. The number of hydrogen-bond donors (Lipinski definition) is 3. The highest BCUT2D eigenvalue weighted by molar-refractivity contribution is 7.11. The molecular weight excluding hydrogens is 388 g/mol.